The molecule has 4 rings (SSSR count). The van der Waals surface area contributed by atoms with Gasteiger partial charge in [-0.3, -0.25) is 15.0 Å². The highest BCUT2D eigenvalue weighted by Crippen LogP contribution is 2.37. The highest BCUT2D eigenvalue weighted by molar-refractivity contribution is 5.96. The normalized spacial score (nSPS) is 19.6. The number of amides is 1. The Morgan fingerprint density at radius 3 is 2.75 bits per heavy atom. The lowest BCUT2D eigenvalue weighted by molar-refractivity contribution is -0.121. The number of fused-ring (bicyclic) bond motifs is 1. The summed E-state index contributed by atoms with van der Waals surface area (Å²) in [5, 5.41) is 3.06. The number of para-hydroxylation sites is 1. The number of anilines is 1. The number of aryl methyl sites for hydroxylation is 1. The van der Waals surface area contributed by atoms with E-state index < -0.39 is 0 Å². The Morgan fingerprint density at radius 1 is 1.33 bits per heavy atom. The molecule has 1 N–H and O–H groups in total. The van der Waals surface area contributed by atoms with E-state index in [9.17, 15) is 4.79 Å². The van der Waals surface area contributed by atoms with E-state index in [0.717, 1.165) is 42.7 Å². The second-order valence-electron chi connectivity index (χ2n) is 6.84. The maximum Gasteiger partial charge on any atom is 0.244 e. The van der Waals surface area contributed by atoms with Gasteiger partial charge in [0.05, 0.1) is 18.7 Å². The summed E-state index contributed by atoms with van der Waals surface area (Å²) in [7, 11) is 3.56. The van der Waals surface area contributed by atoms with E-state index in [1.807, 2.05) is 29.8 Å². The predicted molar refractivity (Wildman–Crippen MR) is 93.2 cm³/mol. The Balaban J connectivity index is 1.61. The monoisotopic (exact) mass is 328 g/mol. The fourth-order valence-corrected chi connectivity index (χ4v) is 3.76. The molecular weight excluding hydrogens is 304 g/mol. The third-order valence-electron chi connectivity index (χ3n) is 5.20. The maximum atomic E-state index is 12.9. The largest absolute Gasteiger partial charge is 0.494 e. The fraction of sp³-hybridized carbons (Fsp3) is 0.556. The van der Waals surface area contributed by atoms with Crippen molar-refractivity contribution in [1.82, 2.24) is 14.5 Å². The summed E-state index contributed by atoms with van der Waals surface area (Å²) in [6.45, 7) is 2.07. The zero-order valence-electron chi connectivity index (χ0n) is 14.3. The molecule has 1 atom stereocenters. The minimum absolute atomic E-state index is 0.00536. The van der Waals surface area contributed by atoms with E-state index in [-0.39, 0.29) is 11.9 Å². The lowest BCUT2D eigenvalue weighted by atomic mass is 10.1. The minimum Gasteiger partial charge on any atom is -0.494 e. The summed E-state index contributed by atoms with van der Waals surface area (Å²) in [6, 6.07) is 5.80. The molecule has 2 fully saturated rings. The summed E-state index contributed by atoms with van der Waals surface area (Å²) in [5.74, 6) is 1.90. The first-order chi connectivity index (χ1) is 11.7. The molecule has 1 saturated carbocycles. The van der Waals surface area contributed by atoms with Gasteiger partial charge in [0, 0.05) is 7.05 Å². The number of likely N-dealkylation sites (tertiary alicyclic amines) is 1. The molecule has 24 heavy (non-hydrogen) atoms. The first-order valence-electron chi connectivity index (χ1n) is 8.73. The topological polar surface area (TPSA) is 59.4 Å². The lowest BCUT2D eigenvalue weighted by Gasteiger charge is -2.26. The molecule has 1 amide bonds. The van der Waals surface area contributed by atoms with Gasteiger partial charge in [-0.25, -0.2) is 4.98 Å². The molecule has 2 aliphatic rings. The van der Waals surface area contributed by atoms with Crippen LogP contribution in [0, 0.1) is 5.92 Å². The molecule has 0 radical (unpaired) electrons. The van der Waals surface area contributed by atoms with Gasteiger partial charge in [0.1, 0.15) is 11.3 Å². The molecule has 128 valence electrons. The Hall–Kier alpha value is -2.08. The fourth-order valence-electron chi connectivity index (χ4n) is 3.76. The summed E-state index contributed by atoms with van der Waals surface area (Å²) >= 11 is 0. The molecule has 1 aromatic carbocycles. The van der Waals surface area contributed by atoms with Gasteiger partial charge in [0.25, 0.3) is 0 Å². The number of benzene rings is 1. The van der Waals surface area contributed by atoms with Gasteiger partial charge in [-0.15, -0.1) is 0 Å². The van der Waals surface area contributed by atoms with E-state index in [0.29, 0.717) is 11.9 Å². The van der Waals surface area contributed by atoms with Crippen LogP contribution >= 0.6 is 0 Å². The Labute approximate surface area is 141 Å². The van der Waals surface area contributed by atoms with Gasteiger partial charge in [-0.05, 0) is 56.8 Å². The number of aromatic nitrogens is 2. The highest BCUT2D eigenvalue weighted by atomic mass is 16.5. The summed E-state index contributed by atoms with van der Waals surface area (Å²) in [5.41, 5.74) is 1.73. The smallest absolute Gasteiger partial charge is 0.244 e. The molecule has 6 heteroatoms. The third kappa shape index (κ3) is 2.65. The molecule has 1 aliphatic heterocycles. The standard InChI is InChI=1S/C18H24N4O2/c1-21-13-6-5-7-14(24-2)15(13)19-18(21)20-17(23)16(12-8-9-12)22-10-3-4-11-22/h5-7,12,16H,3-4,8-11H2,1-2H3,(H,19,20,23)/t16-/m0/s1. The summed E-state index contributed by atoms with van der Waals surface area (Å²) < 4.78 is 7.30. The number of rotatable bonds is 5. The second-order valence-corrected chi connectivity index (χ2v) is 6.84. The van der Waals surface area contributed by atoms with Crippen molar-refractivity contribution in [3.05, 3.63) is 18.2 Å². The minimum atomic E-state index is -0.00536. The van der Waals surface area contributed by atoms with Gasteiger partial charge >= 0.3 is 0 Å². The number of methoxy groups -OCH3 is 1. The van der Waals surface area contributed by atoms with E-state index in [4.69, 9.17) is 4.74 Å². The van der Waals surface area contributed by atoms with Crippen molar-refractivity contribution in [1.29, 1.82) is 0 Å². The Kier molecular flexibility index (Phi) is 3.92. The molecule has 2 heterocycles. The number of carbonyl (C=O) groups is 1. The zero-order chi connectivity index (χ0) is 16.7. The quantitative estimate of drug-likeness (QED) is 0.915. The van der Waals surface area contributed by atoms with Crippen molar-refractivity contribution in [3.8, 4) is 5.75 Å². The SMILES string of the molecule is COc1cccc2c1nc(NC(=O)[C@H](C1CC1)N1CCCC1)n2C. The number of carbonyl (C=O) groups excluding carboxylic acids is 1. The predicted octanol–water partition coefficient (Wildman–Crippen LogP) is 2.39. The van der Waals surface area contributed by atoms with Crippen molar-refractivity contribution in [2.75, 3.05) is 25.5 Å². The van der Waals surface area contributed by atoms with Crippen LogP contribution in [-0.2, 0) is 11.8 Å². The molecule has 0 spiro atoms. The number of hydrogen-bond acceptors (Lipinski definition) is 4. The number of imidazole rings is 1. The van der Waals surface area contributed by atoms with Crippen molar-refractivity contribution >= 4 is 22.9 Å². The van der Waals surface area contributed by atoms with Crippen LogP contribution in [0.4, 0.5) is 5.95 Å². The molecule has 1 aliphatic carbocycles. The number of ether oxygens (including phenoxy) is 1. The van der Waals surface area contributed by atoms with Crippen molar-refractivity contribution in [3.63, 3.8) is 0 Å². The maximum absolute atomic E-state index is 12.9. The van der Waals surface area contributed by atoms with E-state index in [1.165, 1.54) is 12.8 Å². The molecule has 1 aromatic heterocycles. The van der Waals surface area contributed by atoms with Gasteiger partial charge in [0.15, 0.2) is 0 Å². The molecule has 6 nitrogen and oxygen atoms in total. The van der Waals surface area contributed by atoms with Crippen LogP contribution in [-0.4, -0.2) is 46.6 Å². The summed E-state index contributed by atoms with van der Waals surface area (Å²) in [4.78, 5) is 19.9. The Morgan fingerprint density at radius 2 is 2.08 bits per heavy atom. The second kappa shape index (κ2) is 6.09. The van der Waals surface area contributed by atoms with Crippen LogP contribution in [0.25, 0.3) is 11.0 Å². The van der Waals surface area contributed by atoms with E-state index in [2.05, 4.69) is 15.2 Å². The van der Waals surface area contributed by atoms with Crippen molar-refractivity contribution in [2.45, 2.75) is 31.7 Å². The lowest BCUT2D eigenvalue weighted by Crippen LogP contribution is -2.44. The molecular formula is C18H24N4O2. The first kappa shape index (κ1) is 15.4. The van der Waals surface area contributed by atoms with E-state index >= 15 is 0 Å². The number of hydrogen-bond donors (Lipinski definition) is 1. The van der Waals surface area contributed by atoms with Gasteiger partial charge in [-0.2, -0.15) is 0 Å². The molecule has 0 bridgehead atoms. The van der Waals surface area contributed by atoms with Gasteiger partial charge in [-0.1, -0.05) is 6.07 Å². The first-order valence-corrected chi connectivity index (χ1v) is 8.73. The van der Waals surface area contributed by atoms with Gasteiger partial charge < -0.3 is 9.30 Å². The number of nitrogens with one attached hydrogen (secondary N) is 1. The van der Waals surface area contributed by atoms with Crippen LogP contribution in [0.5, 0.6) is 5.75 Å². The zero-order valence-corrected chi connectivity index (χ0v) is 14.3. The summed E-state index contributed by atoms with van der Waals surface area (Å²) in [6.07, 6.45) is 4.70. The van der Waals surface area contributed by atoms with Gasteiger partial charge in [0.2, 0.25) is 11.9 Å². The van der Waals surface area contributed by atoms with E-state index in [1.54, 1.807) is 7.11 Å². The molecule has 0 unspecified atom stereocenters. The van der Waals surface area contributed by atoms with Crippen LogP contribution in [0.1, 0.15) is 25.7 Å². The van der Waals surface area contributed by atoms with Crippen molar-refractivity contribution in [2.24, 2.45) is 13.0 Å². The average Bonchev–Trinajstić information content (AvgIpc) is 3.16. The average molecular weight is 328 g/mol. The van der Waals surface area contributed by atoms with Crippen LogP contribution < -0.4 is 10.1 Å². The molecule has 1 saturated heterocycles. The van der Waals surface area contributed by atoms with Crippen LogP contribution in [0.15, 0.2) is 18.2 Å². The number of nitrogens with zero attached hydrogens (tertiary/aromatic N) is 3. The van der Waals surface area contributed by atoms with Crippen molar-refractivity contribution < 1.29 is 9.53 Å². The molecule has 2 aromatic rings. The van der Waals surface area contributed by atoms with Crippen LogP contribution in [0.3, 0.4) is 0 Å². The highest BCUT2D eigenvalue weighted by Gasteiger charge is 2.41. The van der Waals surface area contributed by atoms with Crippen LogP contribution in [0.2, 0.25) is 0 Å². The Bertz CT molecular complexity index is 760. The third-order valence-corrected chi connectivity index (χ3v) is 5.20.